The summed E-state index contributed by atoms with van der Waals surface area (Å²) in [7, 11) is 0. The number of allylic oxidation sites excluding steroid dienone is 26. The lowest BCUT2D eigenvalue weighted by Crippen LogP contribution is -2.40. The first kappa shape index (κ1) is 38.4. The third-order valence-electron chi connectivity index (χ3n) is 14.2. The van der Waals surface area contributed by atoms with Crippen LogP contribution in [0, 0.1) is 11.8 Å². The molecule has 11 rings (SSSR count). The Hall–Kier alpha value is -6.50. The van der Waals surface area contributed by atoms with Crippen molar-refractivity contribution in [2.75, 3.05) is 0 Å². The van der Waals surface area contributed by atoms with E-state index in [0.717, 1.165) is 57.8 Å². The van der Waals surface area contributed by atoms with Crippen LogP contribution in [0.25, 0.3) is 38.6 Å². The normalized spacial score (nSPS) is 23.0. The summed E-state index contributed by atoms with van der Waals surface area (Å²) >= 11 is 0. The van der Waals surface area contributed by atoms with Gasteiger partial charge in [0.05, 0.1) is 0 Å². The van der Waals surface area contributed by atoms with Gasteiger partial charge >= 0.3 is 0 Å². The molecule has 3 unspecified atom stereocenters. The van der Waals surface area contributed by atoms with Gasteiger partial charge in [-0.1, -0.05) is 194 Å². The molecule has 0 saturated carbocycles. The van der Waals surface area contributed by atoms with Gasteiger partial charge in [-0.05, 0) is 157 Å². The van der Waals surface area contributed by atoms with Crippen LogP contribution in [0.4, 0.5) is 0 Å². The molecule has 7 aliphatic carbocycles. The van der Waals surface area contributed by atoms with Gasteiger partial charge in [0.15, 0.2) is 0 Å². The zero-order chi connectivity index (χ0) is 41.2. The first-order valence-electron chi connectivity index (χ1n) is 23.1. The monoisotopic (exact) mass is 798 g/mol. The van der Waals surface area contributed by atoms with Crippen molar-refractivity contribution in [3.05, 3.63) is 255 Å². The van der Waals surface area contributed by atoms with Crippen molar-refractivity contribution in [1.82, 2.24) is 0 Å². The molecule has 0 spiro atoms. The van der Waals surface area contributed by atoms with Crippen molar-refractivity contribution >= 4 is 38.6 Å². The highest BCUT2D eigenvalue weighted by Crippen LogP contribution is 2.45. The van der Waals surface area contributed by atoms with E-state index in [9.17, 15) is 0 Å². The summed E-state index contributed by atoms with van der Waals surface area (Å²) in [5.41, 5.74) is 18.6. The van der Waals surface area contributed by atoms with E-state index in [1.807, 2.05) is 0 Å². The number of hydrogen-bond acceptors (Lipinski definition) is 0. The van der Waals surface area contributed by atoms with Gasteiger partial charge in [0.2, 0.25) is 0 Å². The molecule has 0 amide bonds. The van der Waals surface area contributed by atoms with E-state index in [0.29, 0.717) is 17.8 Å². The van der Waals surface area contributed by atoms with E-state index < -0.39 is 0 Å². The van der Waals surface area contributed by atoms with Crippen molar-refractivity contribution in [3.63, 3.8) is 0 Å². The number of fused-ring (bicyclic) bond motifs is 3. The maximum absolute atomic E-state index is 2.48. The summed E-state index contributed by atoms with van der Waals surface area (Å²) in [5, 5.41) is 5.50. The molecule has 0 aliphatic heterocycles. The Morgan fingerprint density at radius 3 is 1.77 bits per heavy atom. The van der Waals surface area contributed by atoms with E-state index in [4.69, 9.17) is 0 Å². The largest absolute Gasteiger partial charge is 0.0836 e. The summed E-state index contributed by atoms with van der Waals surface area (Å²) in [6.45, 7) is 0. The van der Waals surface area contributed by atoms with E-state index in [-0.39, 0.29) is 0 Å². The fourth-order valence-electron chi connectivity index (χ4n) is 11.0. The van der Waals surface area contributed by atoms with Crippen LogP contribution in [0.3, 0.4) is 0 Å². The molecule has 7 aliphatic rings. The highest BCUT2D eigenvalue weighted by molar-refractivity contribution is 5.94. The fraction of sp³-hybridized carbons (Fsp3) is 0.194. The molecule has 0 nitrogen and oxygen atoms in total. The van der Waals surface area contributed by atoms with Crippen LogP contribution >= 0.6 is 0 Å². The molecule has 0 heteroatoms. The molecule has 0 bridgehead atoms. The Morgan fingerprint density at radius 1 is 0.484 bits per heavy atom. The van der Waals surface area contributed by atoms with E-state index >= 15 is 0 Å². The van der Waals surface area contributed by atoms with Crippen LogP contribution in [0.2, 0.25) is 0 Å². The SMILES string of the molecule is C1=CCC(c2cc(C3=CCCC=C3)cc(C3=CC=C(C4=c5ccccc5=C(C5=CC=C(C=CC6=CC=C(c7cccc8ccccc78)CC6)CC5)C5C=CC=CC45)CC3)c2)C=C1. The van der Waals surface area contributed by atoms with E-state index in [2.05, 4.69) is 200 Å². The summed E-state index contributed by atoms with van der Waals surface area (Å²) in [5.74, 6) is 1.08. The summed E-state index contributed by atoms with van der Waals surface area (Å²) in [6.07, 6.45) is 54.5. The van der Waals surface area contributed by atoms with Gasteiger partial charge < -0.3 is 0 Å². The van der Waals surface area contributed by atoms with Crippen molar-refractivity contribution < 1.29 is 0 Å². The average molecular weight is 799 g/mol. The minimum atomic E-state index is 0.327. The van der Waals surface area contributed by atoms with Crippen molar-refractivity contribution in [3.8, 4) is 0 Å². The molecule has 4 aromatic carbocycles. The molecule has 62 heavy (non-hydrogen) atoms. The molecule has 302 valence electrons. The van der Waals surface area contributed by atoms with Gasteiger partial charge in [-0.15, -0.1) is 0 Å². The lowest BCUT2D eigenvalue weighted by atomic mass is 9.68. The Balaban J connectivity index is 0.901. The zero-order valence-electron chi connectivity index (χ0n) is 35.6. The molecule has 3 atom stereocenters. The molecule has 0 N–H and O–H groups in total. The van der Waals surface area contributed by atoms with Crippen molar-refractivity contribution in [1.29, 1.82) is 0 Å². The standard InChI is InChI=1S/C62H54/c1-3-14-45(15-4-1)52-40-53(46-16-5-2-6-17-46)42-54(41-52)47-36-38-51(39-37-47)62-59-23-11-9-21-57(59)61(58-22-10-12-24-60(58)62)50-34-30-44(31-35-50)27-26-43-28-32-49(33-29-43)56-25-13-19-48-18-7-8-20-55(48)56/h1,3-5,7-14,16-28,30,32,34,36,38,40-42,45,57,59H,2,6,15,29,31,33,35,37,39H2. The van der Waals surface area contributed by atoms with Crippen LogP contribution in [0.5, 0.6) is 0 Å². The van der Waals surface area contributed by atoms with Crippen molar-refractivity contribution in [2.45, 2.75) is 63.7 Å². The minimum absolute atomic E-state index is 0.327. The molecular formula is C62H54. The van der Waals surface area contributed by atoms with Gasteiger partial charge in [-0.2, -0.15) is 0 Å². The summed E-state index contributed by atoms with van der Waals surface area (Å²) in [6, 6.07) is 32.1. The third kappa shape index (κ3) is 7.58. The van der Waals surface area contributed by atoms with Crippen LogP contribution in [-0.2, 0) is 0 Å². The second kappa shape index (κ2) is 17.1. The molecule has 0 fully saturated rings. The Kier molecular flexibility index (Phi) is 10.6. The van der Waals surface area contributed by atoms with Crippen LogP contribution in [0.1, 0.15) is 86.0 Å². The maximum atomic E-state index is 2.48. The lowest BCUT2D eigenvalue weighted by Gasteiger charge is -2.36. The highest BCUT2D eigenvalue weighted by Gasteiger charge is 2.34. The minimum Gasteiger partial charge on any atom is -0.0836 e. The smallest absolute Gasteiger partial charge is 0.0134 e. The third-order valence-corrected chi connectivity index (χ3v) is 14.2. The van der Waals surface area contributed by atoms with Gasteiger partial charge in [0.25, 0.3) is 0 Å². The molecule has 4 aromatic rings. The van der Waals surface area contributed by atoms with Gasteiger partial charge in [-0.3, -0.25) is 0 Å². The Bertz CT molecular complexity index is 3030. The number of benzene rings is 4. The fourth-order valence-corrected chi connectivity index (χ4v) is 11.0. The molecule has 0 aromatic heterocycles. The van der Waals surface area contributed by atoms with Crippen LogP contribution in [0.15, 0.2) is 223 Å². The second-order valence-electron chi connectivity index (χ2n) is 17.9. The van der Waals surface area contributed by atoms with Crippen LogP contribution < -0.4 is 10.4 Å². The maximum Gasteiger partial charge on any atom is 0.0134 e. The van der Waals surface area contributed by atoms with E-state index in [1.165, 1.54) is 93.6 Å². The van der Waals surface area contributed by atoms with E-state index in [1.54, 1.807) is 0 Å². The van der Waals surface area contributed by atoms with Gasteiger partial charge in [-0.25, -0.2) is 0 Å². The summed E-state index contributed by atoms with van der Waals surface area (Å²) < 4.78 is 0. The molecule has 0 radical (unpaired) electrons. The molecule has 0 heterocycles. The van der Waals surface area contributed by atoms with Gasteiger partial charge in [0.1, 0.15) is 0 Å². The Labute approximate surface area is 367 Å². The Morgan fingerprint density at radius 2 is 1.11 bits per heavy atom. The number of rotatable bonds is 8. The quantitative estimate of drug-likeness (QED) is 0.167. The van der Waals surface area contributed by atoms with Gasteiger partial charge in [0, 0.05) is 17.8 Å². The molecular weight excluding hydrogens is 745 g/mol. The zero-order valence-corrected chi connectivity index (χ0v) is 35.6. The van der Waals surface area contributed by atoms with Crippen molar-refractivity contribution in [2.24, 2.45) is 11.8 Å². The first-order chi connectivity index (χ1) is 30.7. The number of hydrogen-bond donors (Lipinski definition) is 0. The predicted octanol–water partition coefficient (Wildman–Crippen LogP) is 14.7. The summed E-state index contributed by atoms with van der Waals surface area (Å²) in [4.78, 5) is 0. The predicted molar refractivity (Wildman–Crippen MR) is 265 cm³/mol. The lowest BCUT2D eigenvalue weighted by molar-refractivity contribution is 0.673. The molecule has 0 saturated heterocycles. The first-order valence-corrected chi connectivity index (χ1v) is 23.1. The topological polar surface area (TPSA) is 0 Å². The second-order valence-corrected chi connectivity index (χ2v) is 17.9. The van der Waals surface area contributed by atoms with Crippen LogP contribution in [-0.4, -0.2) is 0 Å². The highest BCUT2D eigenvalue weighted by atomic mass is 14.4. The average Bonchev–Trinajstić information content (AvgIpc) is 3.35.